The number of hydrogen-bond donors (Lipinski definition) is 1. The van der Waals surface area contributed by atoms with Gasteiger partial charge >= 0.3 is 6.18 Å². The summed E-state index contributed by atoms with van der Waals surface area (Å²) in [5.74, 6) is -1.91. The molecule has 0 aliphatic rings. The van der Waals surface area contributed by atoms with E-state index in [1.54, 1.807) is 0 Å². The normalized spacial score (nSPS) is 12.9. The van der Waals surface area contributed by atoms with Gasteiger partial charge in [-0.25, -0.2) is 17.9 Å². The first-order valence-corrected chi connectivity index (χ1v) is 5.97. The Balaban J connectivity index is 3.65. The Bertz CT molecular complexity index is 526. The van der Waals surface area contributed by atoms with Gasteiger partial charge in [0.05, 0.1) is 5.56 Å². The van der Waals surface area contributed by atoms with Crippen LogP contribution in [0.15, 0.2) is 21.5 Å². The Labute approximate surface area is 96.4 Å². The highest BCUT2D eigenvalue weighted by molar-refractivity contribution is 9.10. The van der Waals surface area contributed by atoms with Crippen molar-refractivity contribution in [3.63, 3.8) is 0 Å². The van der Waals surface area contributed by atoms with Crippen LogP contribution in [0.5, 0.6) is 0 Å². The minimum Gasteiger partial charge on any atom is -0.224 e. The van der Waals surface area contributed by atoms with E-state index in [1.807, 2.05) is 0 Å². The van der Waals surface area contributed by atoms with Gasteiger partial charge in [0.2, 0.25) is 10.0 Å². The standard InChI is InChI=1S/C7H4BrF4NO2S/c8-4-2-1-3(7(10,11)12)5(9)6(4)16(13,14)15/h1-2H,(H2,13,14,15). The second-order valence-electron chi connectivity index (χ2n) is 2.78. The van der Waals surface area contributed by atoms with Crippen molar-refractivity contribution >= 4 is 26.0 Å². The van der Waals surface area contributed by atoms with E-state index in [1.165, 1.54) is 0 Å². The van der Waals surface area contributed by atoms with Gasteiger partial charge in [-0.2, -0.15) is 13.2 Å². The van der Waals surface area contributed by atoms with Crippen LogP contribution in [0.2, 0.25) is 0 Å². The van der Waals surface area contributed by atoms with Crippen LogP contribution in [0.4, 0.5) is 17.6 Å². The van der Waals surface area contributed by atoms with E-state index in [2.05, 4.69) is 21.1 Å². The lowest BCUT2D eigenvalue weighted by Crippen LogP contribution is -2.18. The highest BCUT2D eigenvalue weighted by atomic mass is 79.9. The minimum atomic E-state index is -4.98. The van der Waals surface area contributed by atoms with Crippen molar-refractivity contribution in [3.05, 3.63) is 28.0 Å². The highest BCUT2D eigenvalue weighted by Crippen LogP contribution is 2.36. The molecular formula is C7H4BrF4NO2S. The fraction of sp³-hybridized carbons (Fsp3) is 0.143. The van der Waals surface area contributed by atoms with Crippen LogP contribution in [-0.2, 0) is 16.2 Å². The number of sulfonamides is 1. The molecule has 16 heavy (non-hydrogen) atoms. The van der Waals surface area contributed by atoms with E-state index in [4.69, 9.17) is 0 Å². The number of benzene rings is 1. The molecule has 0 unspecified atom stereocenters. The molecular weight excluding hydrogens is 318 g/mol. The molecule has 0 fully saturated rings. The average molecular weight is 322 g/mol. The van der Waals surface area contributed by atoms with E-state index in [0.717, 1.165) is 6.07 Å². The summed E-state index contributed by atoms with van der Waals surface area (Å²) in [6.45, 7) is 0. The molecule has 0 aliphatic carbocycles. The molecule has 0 aliphatic heterocycles. The van der Waals surface area contributed by atoms with E-state index >= 15 is 0 Å². The maximum absolute atomic E-state index is 13.3. The molecule has 0 saturated heterocycles. The third-order valence-electron chi connectivity index (χ3n) is 1.64. The summed E-state index contributed by atoms with van der Waals surface area (Å²) in [6.07, 6.45) is -4.98. The Morgan fingerprint density at radius 3 is 2.12 bits per heavy atom. The van der Waals surface area contributed by atoms with Crippen LogP contribution in [0, 0.1) is 5.82 Å². The second kappa shape index (κ2) is 3.97. The summed E-state index contributed by atoms with van der Waals surface area (Å²) in [7, 11) is -4.57. The van der Waals surface area contributed by atoms with Crippen molar-refractivity contribution in [1.29, 1.82) is 0 Å². The van der Waals surface area contributed by atoms with Crippen molar-refractivity contribution in [2.45, 2.75) is 11.1 Å². The van der Waals surface area contributed by atoms with Gasteiger partial charge in [-0.15, -0.1) is 0 Å². The maximum atomic E-state index is 13.3. The fourth-order valence-corrected chi connectivity index (χ4v) is 2.69. The molecule has 0 atom stereocenters. The van der Waals surface area contributed by atoms with E-state index < -0.39 is 32.5 Å². The lowest BCUT2D eigenvalue weighted by atomic mass is 10.2. The van der Waals surface area contributed by atoms with Gasteiger partial charge in [0.1, 0.15) is 4.90 Å². The van der Waals surface area contributed by atoms with Crippen LogP contribution >= 0.6 is 15.9 Å². The predicted molar refractivity (Wildman–Crippen MR) is 50.5 cm³/mol. The van der Waals surface area contributed by atoms with Crippen molar-refractivity contribution in [2.75, 3.05) is 0 Å². The quantitative estimate of drug-likeness (QED) is 0.806. The second-order valence-corrected chi connectivity index (χ2v) is 5.13. The third kappa shape index (κ3) is 2.53. The summed E-state index contributed by atoms with van der Waals surface area (Å²) in [5, 5.41) is 4.61. The Morgan fingerprint density at radius 1 is 1.25 bits per heavy atom. The van der Waals surface area contributed by atoms with Crippen molar-refractivity contribution < 1.29 is 26.0 Å². The van der Waals surface area contributed by atoms with Crippen LogP contribution < -0.4 is 5.14 Å². The molecule has 1 aromatic carbocycles. The Kier molecular flexibility index (Phi) is 3.32. The topological polar surface area (TPSA) is 60.2 Å². The molecule has 1 aromatic rings. The molecule has 0 aromatic heterocycles. The van der Waals surface area contributed by atoms with E-state index in [0.29, 0.717) is 6.07 Å². The number of hydrogen-bond acceptors (Lipinski definition) is 2. The zero-order valence-corrected chi connectivity index (χ0v) is 9.75. The minimum absolute atomic E-state index is 0.361. The molecule has 90 valence electrons. The van der Waals surface area contributed by atoms with Crippen LogP contribution in [-0.4, -0.2) is 8.42 Å². The molecule has 9 heteroatoms. The molecule has 1 rings (SSSR count). The zero-order chi connectivity index (χ0) is 12.7. The number of halogens is 5. The summed E-state index contributed by atoms with van der Waals surface area (Å²) >= 11 is 2.62. The molecule has 3 nitrogen and oxygen atoms in total. The van der Waals surface area contributed by atoms with E-state index in [9.17, 15) is 26.0 Å². The van der Waals surface area contributed by atoms with Crippen molar-refractivity contribution in [1.82, 2.24) is 0 Å². The monoisotopic (exact) mass is 321 g/mol. The van der Waals surface area contributed by atoms with Gasteiger partial charge in [-0.05, 0) is 28.1 Å². The SMILES string of the molecule is NS(=O)(=O)c1c(Br)ccc(C(F)(F)F)c1F. The smallest absolute Gasteiger partial charge is 0.224 e. The first-order valence-electron chi connectivity index (χ1n) is 3.63. The molecule has 0 heterocycles. The molecule has 0 radical (unpaired) electrons. The molecule has 2 N–H and O–H groups in total. The number of rotatable bonds is 1. The molecule has 0 saturated carbocycles. The van der Waals surface area contributed by atoms with Crippen molar-refractivity contribution in [2.24, 2.45) is 5.14 Å². The number of primary sulfonamides is 1. The molecule has 0 bridgehead atoms. The highest BCUT2D eigenvalue weighted by Gasteiger charge is 2.37. The Hall–Kier alpha value is -0.670. The number of nitrogens with two attached hydrogens (primary N) is 1. The summed E-state index contributed by atoms with van der Waals surface area (Å²) in [5.41, 5.74) is -1.68. The Morgan fingerprint density at radius 2 is 1.75 bits per heavy atom. The number of alkyl halides is 3. The molecule has 0 spiro atoms. The van der Waals surface area contributed by atoms with Crippen LogP contribution in [0.1, 0.15) is 5.56 Å². The van der Waals surface area contributed by atoms with Crippen LogP contribution in [0.25, 0.3) is 0 Å². The largest absolute Gasteiger partial charge is 0.419 e. The fourth-order valence-electron chi connectivity index (χ4n) is 1.01. The van der Waals surface area contributed by atoms with Gasteiger partial charge < -0.3 is 0 Å². The molecule has 0 amide bonds. The lowest BCUT2D eigenvalue weighted by molar-refractivity contribution is -0.140. The van der Waals surface area contributed by atoms with Gasteiger partial charge in [0, 0.05) is 4.47 Å². The summed E-state index contributed by atoms with van der Waals surface area (Å²) < 4.78 is 71.5. The zero-order valence-electron chi connectivity index (χ0n) is 7.35. The van der Waals surface area contributed by atoms with Gasteiger partial charge in [-0.3, -0.25) is 0 Å². The predicted octanol–water partition coefficient (Wildman–Crippen LogP) is 2.25. The third-order valence-corrected chi connectivity index (χ3v) is 3.53. The first kappa shape index (κ1) is 13.4. The van der Waals surface area contributed by atoms with Gasteiger partial charge in [-0.1, -0.05) is 0 Å². The lowest BCUT2D eigenvalue weighted by Gasteiger charge is -2.11. The van der Waals surface area contributed by atoms with Gasteiger partial charge in [0.25, 0.3) is 0 Å². The summed E-state index contributed by atoms with van der Waals surface area (Å²) in [6, 6.07) is 1.19. The van der Waals surface area contributed by atoms with Crippen LogP contribution in [0.3, 0.4) is 0 Å². The average Bonchev–Trinajstić information content (AvgIpc) is 1.97. The van der Waals surface area contributed by atoms with Gasteiger partial charge in [0.15, 0.2) is 5.82 Å². The van der Waals surface area contributed by atoms with E-state index in [-0.39, 0.29) is 4.47 Å². The van der Waals surface area contributed by atoms with Crippen molar-refractivity contribution in [3.8, 4) is 0 Å². The maximum Gasteiger partial charge on any atom is 0.419 e. The first-order chi connectivity index (χ1) is 7.05. The summed E-state index contributed by atoms with van der Waals surface area (Å²) in [4.78, 5) is -1.21.